The maximum Gasteiger partial charge on any atom is 0.261 e. The molecule has 1 aliphatic carbocycles. The van der Waals surface area contributed by atoms with Crippen molar-refractivity contribution in [1.82, 2.24) is 14.9 Å². The topological polar surface area (TPSA) is 64.0 Å². The molecule has 1 unspecified atom stereocenters. The fourth-order valence-electron chi connectivity index (χ4n) is 3.39. The second-order valence-electron chi connectivity index (χ2n) is 6.94. The number of nitrogens with zero attached hydrogens (tertiary/aromatic N) is 2. The number of hydrogen-bond donors (Lipinski definition) is 1. The van der Waals surface area contributed by atoms with Gasteiger partial charge in [-0.05, 0) is 42.9 Å². The molecule has 1 saturated carbocycles. The predicted molar refractivity (Wildman–Crippen MR) is 101 cm³/mol. The van der Waals surface area contributed by atoms with Gasteiger partial charge in [-0.2, -0.15) is 0 Å². The molecular weight excluding hydrogens is 326 g/mol. The molecule has 0 radical (unpaired) electrons. The first-order valence-corrected chi connectivity index (χ1v) is 8.92. The number of rotatable bonds is 5. The smallest absolute Gasteiger partial charge is 0.261 e. The van der Waals surface area contributed by atoms with Crippen molar-refractivity contribution < 1.29 is 4.79 Å². The SMILES string of the molecule is Cc1cccc2c(=O)n(CC(=O)NC(c3ccccc3)C3CC3)cnc12. The van der Waals surface area contributed by atoms with E-state index in [1.807, 2.05) is 49.4 Å². The van der Waals surface area contributed by atoms with Gasteiger partial charge in [-0.3, -0.25) is 14.2 Å². The minimum atomic E-state index is -0.184. The maximum atomic E-state index is 12.7. The Morgan fingerprint density at radius 1 is 1.19 bits per heavy atom. The summed E-state index contributed by atoms with van der Waals surface area (Å²) in [6.45, 7) is 1.90. The maximum absolute atomic E-state index is 12.7. The van der Waals surface area contributed by atoms with E-state index < -0.39 is 0 Å². The van der Waals surface area contributed by atoms with Crippen LogP contribution in [-0.2, 0) is 11.3 Å². The summed E-state index contributed by atoms with van der Waals surface area (Å²) in [5, 5.41) is 3.65. The molecule has 2 aromatic carbocycles. The summed E-state index contributed by atoms with van der Waals surface area (Å²) in [6, 6.07) is 15.5. The van der Waals surface area contributed by atoms with Crippen LogP contribution in [-0.4, -0.2) is 15.5 Å². The van der Waals surface area contributed by atoms with Crippen LogP contribution < -0.4 is 10.9 Å². The van der Waals surface area contributed by atoms with Gasteiger partial charge in [-0.1, -0.05) is 42.5 Å². The van der Waals surface area contributed by atoms with Crippen LogP contribution in [0.4, 0.5) is 0 Å². The average Bonchev–Trinajstić information content (AvgIpc) is 3.48. The minimum Gasteiger partial charge on any atom is -0.347 e. The Morgan fingerprint density at radius 3 is 2.69 bits per heavy atom. The van der Waals surface area contributed by atoms with Crippen LogP contribution in [0.2, 0.25) is 0 Å². The molecule has 0 bridgehead atoms. The van der Waals surface area contributed by atoms with Crippen molar-refractivity contribution >= 4 is 16.8 Å². The molecule has 1 aliphatic rings. The highest BCUT2D eigenvalue weighted by Crippen LogP contribution is 2.40. The molecule has 1 heterocycles. The third kappa shape index (κ3) is 3.25. The molecule has 1 fully saturated rings. The molecule has 1 atom stereocenters. The van der Waals surface area contributed by atoms with E-state index in [4.69, 9.17) is 0 Å². The van der Waals surface area contributed by atoms with Gasteiger partial charge < -0.3 is 5.32 Å². The fraction of sp³-hybridized carbons (Fsp3) is 0.286. The fourth-order valence-corrected chi connectivity index (χ4v) is 3.39. The molecule has 132 valence electrons. The predicted octanol–water partition coefficient (Wildman–Crippen LogP) is 2.97. The first-order chi connectivity index (χ1) is 12.6. The number of fused-ring (bicyclic) bond motifs is 1. The highest BCUT2D eigenvalue weighted by atomic mass is 16.2. The standard InChI is InChI=1S/C21H21N3O2/c1-14-6-5-9-17-19(14)22-13-24(21(17)26)12-18(25)23-20(16-10-11-16)15-7-3-2-4-8-15/h2-9,13,16,20H,10-12H2,1H3,(H,23,25). The monoisotopic (exact) mass is 347 g/mol. The summed E-state index contributed by atoms with van der Waals surface area (Å²) in [5.74, 6) is 0.317. The Bertz CT molecular complexity index is 1010. The lowest BCUT2D eigenvalue weighted by Crippen LogP contribution is -2.35. The van der Waals surface area contributed by atoms with Gasteiger partial charge in [0.25, 0.3) is 5.56 Å². The summed E-state index contributed by atoms with van der Waals surface area (Å²) in [7, 11) is 0. The van der Waals surface area contributed by atoms with E-state index in [1.165, 1.54) is 10.9 Å². The van der Waals surface area contributed by atoms with E-state index in [-0.39, 0.29) is 24.1 Å². The van der Waals surface area contributed by atoms with Gasteiger partial charge in [0.2, 0.25) is 5.91 Å². The average molecular weight is 347 g/mol. The number of carbonyl (C=O) groups excluding carboxylic acids is 1. The summed E-state index contributed by atoms with van der Waals surface area (Å²) in [6.07, 6.45) is 3.71. The minimum absolute atomic E-state index is 0.00932. The first-order valence-electron chi connectivity index (χ1n) is 8.92. The summed E-state index contributed by atoms with van der Waals surface area (Å²) >= 11 is 0. The van der Waals surface area contributed by atoms with Crippen molar-refractivity contribution in [3.8, 4) is 0 Å². The molecule has 0 saturated heterocycles. The number of benzene rings is 2. The van der Waals surface area contributed by atoms with Gasteiger partial charge in [-0.25, -0.2) is 4.98 Å². The van der Waals surface area contributed by atoms with E-state index in [0.717, 1.165) is 24.0 Å². The van der Waals surface area contributed by atoms with Gasteiger partial charge in [0, 0.05) is 0 Å². The van der Waals surface area contributed by atoms with Crippen molar-refractivity contribution in [2.75, 3.05) is 0 Å². The quantitative estimate of drug-likeness (QED) is 0.772. The van der Waals surface area contributed by atoms with Gasteiger partial charge >= 0.3 is 0 Å². The molecular formula is C21H21N3O2. The Kier molecular flexibility index (Phi) is 4.29. The van der Waals surface area contributed by atoms with E-state index in [1.54, 1.807) is 6.07 Å². The molecule has 1 amide bonds. The van der Waals surface area contributed by atoms with Crippen LogP contribution in [0.25, 0.3) is 10.9 Å². The first kappa shape index (κ1) is 16.5. The van der Waals surface area contributed by atoms with E-state index in [2.05, 4.69) is 10.3 Å². The summed E-state index contributed by atoms with van der Waals surface area (Å²) in [4.78, 5) is 29.6. The molecule has 1 aromatic heterocycles. The van der Waals surface area contributed by atoms with Gasteiger partial charge in [0.1, 0.15) is 6.54 Å². The molecule has 5 nitrogen and oxygen atoms in total. The van der Waals surface area contributed by atoms with Crippen LogP contribution >= 0.6 is 0 Å². The van der Waals surface area contributed by atoms with Crippen molar-refractivity contribution in [2.24, 2.45) is 5.92 Å². The normalized spacial score (nSPS) is 15.0. The largest absolute Gasteiger partial charge is 0.347 e. The Balaban J connectivity index is 1.55. The molecule has 1 N–H and O–H groups in total. The lowest BCUT2D eigenvalue weighted by atomic mass is 10.0. The molecule has 0 spiro atoms. The van der Waals surface area contributed by atoms with Crippen LogP contribution in [0.5, 0.6) is 0 Å². The zero-order valence-corrected chi connectivity index (χ0v) is 14.7. The molecule has 4 rings (SSSR count). The van der Waals surface area contributed by atoms with Crippen LogP contribution in [0, 0.1) is 12.8 Å². The van der Waals surface area contributed by atoms with E-state index in [9.17, 15) is 9.59 Å². The molecule has 3 aromatic rings. The number of aryl methyl sites for hydroxylation is 1. The molecule has 0 aliphatic heterocycles. The second kappa shape index (κ2) is 6.75. The molecule has 26 heavy (non-hydrogen) atoms. The molecule has 5 heteroatoms. The van der Waals surface area contributed by atoms with Gasteiger partial charge in [0.15, 0.2) is 0 Å². The number of carbonyl (C=O) groups is 1. The number of para-hydroxylation sites is 1. The third-order valence-corrected chi connectivity index (χ3v) is 4.94. The zero-order valence-electron chi connectivity index (χ0n) is 14.7. The van der Waals surface area contributed by atoms with Crippen molar-refractivity contribution in [3.05, 3.63) is 76.3 Å². The summed E-state index contributed by atoms with van der Waals surface area (Å²) in [5.41, 5.74) is 2.57. The number of hydrogen-bond acceptors (Lipinski definition) is 3. The number of amides is 1. The number of aromatic nitrogens is 2. The lowest BCUT2D eigenvalue weighted by Gasteiger charge is -2.19. The van der Waals surface area contributed by atoms with Crippen LogP contribution in [0.3, 0.4) is 0 Å². The Morgan fingerprint density at radius 2 is 1.96 bits per heavy atom. The Labute approximate surface area is 151 Å². The van der Waals surface area contributed by atoms with Crippen molar-refractivity contribution in [3.63, 3.8) is 0 Å². The van der Waals surface area contributed by atoms with E-state index in [0.29, 0.717) is 16.8 Å². The third-order valence-electron chi connectivity index (χ3n) is 4.94. The highest BCUT2D eigenvalue weighted by Gasteiger charge is 2.33. The highest BCUT2D eigenvalue weighted by molar-refractivity contribution is 5.81. The second-order valence-corrected chi connectivity index (χ2v) is 6.94. The van der Waals surface area contributed by atoms with Crippen LogP contribution in [0.15, 0.2) is 59.7 Å². The number of nitrogens with one attached hydrogen (secondary N) is 1. The van der Waals surface area contributed by atoms with Crippen molar-refractivity contribution in [2.45, 2.75) is 32.4 Å². The Hall–Kier alpha value is -2.95. The van der Waals surface area contributed by atoms with Crippen molar-refractivity contribution in [1.29, 1.82) is 0 Å². The zero-order chi connectivity index (χ0) is 18.1. The van der Waals surface area contributed by atoms with E-state index >= 15 is 0 Å². The van der Waals surface area contributed by atoms with Crippen LogP contribution in [0.1, 0.15) is 30.0 Å². The summed E-state index contributed by atoms with van der Waals surface area (Å²) < 4.78 is 1.38. The van der Waals surface area contributed by atoms with Gasteiger partial charge in [-0.15, -0.1) is 0 Å². The van der Waals surface area contributed by atoms with Gasteiger partial charge in [0.05, 0.1) is 23.3 Å². The lowest BCUT2D eigenvalue weighted by molar-refractivity contribution is -0.122.